The smallest absolute Gasteiger partial charge is 0.250 e. The Hall–Kier alpha value is -2.73. The number of ether oxygens (including phenoxy) is 1. The quantitative estimate of drug-likeness (QED) is 0.414. The van der Waals surface area contributed by atoms with Crippen molar-refractivity contribution in [1.82, 2.24) is 9.80 Å². The van der Waals surface area contributed by atoms with Crippen molar-refractivity contribution >= 4 is 29.3 Å². The number of amides is 1. The fraction of sp³-hybridized carbons (Fsp3) is 0.536. The number of halogens is 2. The number of dihydropyridines is 1. The number of nitriles is 1. The number of aliphatic imine (C=N–C) groups is 1. The van der Waals surface area contributed by atoms with Gasteiger partial charge in [0.25, 0.3) is 5.91 Å². The second kappa shape index (κ2) is 10.9. The lowest BCUT2D eigenvalue weighted by atomic mass is 9.91. The minimum Gasteiger partial charge on any atom is -0.493 e. The highest BCUT2D eigenvalue weighted by Crippen LogP contribution is 2.46. The number of carbonyl (C=O) groups is 1. The van der Waals surface area contributed by atoms with Crippen LogP contribution in [0.25, 0.3) is 5.57 Å². The van der Waals surface area contributed by atoms with E-state index in [2.05, 4.69) is 11.1 Å². The molecular weight excluding hydrogens is 495 g/mol. The molecule has 5 rings (SSSR count). The van der Waals surface area contributed by atoms with Gasteiger partial charge in [0.2, 0.25) is 0 Å². The van der Waals surface area contributed by atoms with Crippen LogP contribution in [0.5, 0.6) is 5.75 Å². The van der Waals surface area contributed by atoms with E-state index in [1.165, 1.54) is 11.0 Å². The van der Waals surface area contributed by atoms with Crippen molar-refractivity contribution in [3.8, 4) is 11.8 Å². The van der Waals surface area contributed by atoms with Crippen molar-refractivity contribution < 1.29 is 19.0 Å². The second-order valence-corrected chi connectivity index (χ2v) is 10.7. The van der Waals surface area contributed by atoms with E-state index in [1.54, 1.807) is 18.3 Å². The van der Waals surface area contributed by atoms with Crippen molar-refractivity contribution in [2.75, 3.05) is 19.7 Å². The highest BCUT2D eigenvalue weighted by atomic mass is 35.5. The number of rotatable bonds is 7. The Labute approximate surface area is 221 Å². The van der Waals surface area contributed by atoms with Crippen LogP contribution in [-0.4, -0.2) is 64.0 Å². The van der Waals surface area contributed by atoms with Crippen LogP contribution in [0.4, 0.5) is 4.39 Å². The third-order valence-corrected chi connectivity index (χ3v) is 8.48. The molecule has 1 N–H and O–H groups in total. The van der Waals surface area contributed by atoms with E-state index in [-0.39, 0.29) is 23.0 Å². The number of carbonyl (C=O) groups excluding carboxylic acids is 1. The van der Waals surface area contributed by atoms with Gasteiger partial charge in [0.1, 0.15) is 17.1 Å². The van der Waals surface area contributed by atoms with Crippen LogP contribution in [0.2, 0.25) is 0 Å². The Morgan fingerprint density at radius 2 is 2.14 bits per heavy atom. The number of aliphatic hydroxyl groups is 1. The molecule has 1 saturated heterocycles. The highest BCUT2D eigenvalue weighted by molar-refractivity contribution is 6.21. The van der Waals surface area contributed by atoms with Crippen molar-refractivity contribution in [3.05, 3.63) is 47.4 Å². The summed E-state index contributed by atoms with van der Waals surface area (Å²) in [5, 5.41) is 20.2. The summed E-state index contributed by atoms with van der Waals surface area (Å²) in [6, 6.07) is 7.13. The summed E-state index contributed by atoms with van der Waals surface area (Å²) >= 11 is 6.42. The first-order valence-corrected chi connectivity index (χ1v) is 13.5. The summed E-state index contributed by atoms with van der Waals surface area (Å²) in [7, 11) is 0. The molecule has 1 amide bonds. The Morgan fingerprint density at radius 1 is 1.32 bits per heavy atom. The van der Waals surface area contributed by atoms with Crippen LogP contribution in [-0.2, 0) is 4.79 Å². The summed E-state index contributed by atoms with van der Waals surface area (Å²) in [4.78, 5) is 21.2. The van der Waals surface area contributed by atoms with Crippen LogP contribution in [0.1, 0.15) is 56.9 Å². The molecule has 0 aromatic heterocycles. The average molecular weight is 527 g/mol. The molecule has 1 spiro atoms. The van der Waals surface area contributed by atoms with Gasteiger partial charge in [0.15, 0.2) is 6.35 Å². The molecule has 4 aliphatic rings. The van der Waals surface area contributed by atoms with Gasteiger partial charge in [-0.05, 0) is 55.9 Å². The van der Waals surface area contributed by atoms with Gasteiger partial charge in [0.05, 0.1) is 24.0 Å². The molecule has 37 heavy (non-hydrogen) atoms. The number of hydrogen-bond donors (Lipinski definition) is 1. The van der Waals surface area contributed by atoms with E-state index in [0.29, 0.717) is 75.2 Å². The van der Waals surface area contributed by atoms with E-state index in [0.717, 1.165) is 18.4 Å². The van der Waals surface area contributed by atoms with Crippen LogP contribution in [0.15, 0.2) is 41.0 Å². The summed E-state index contributed by atoms with van der Waals surface area (Å²) < 4.78 is 20.5. The fourth-order valence-electron chi connectivity index (χ4n) is 6.03. The Balaban J connectivity index is 1.23. The van der Waals surface area contributed by atoms with Crippen LogP contribution < -0.4 is 4.74 Å². The molecular formula is C28H32ClFN4O3. The van der Waals surface area contributed by atoms with Crippen molar-refractivity contribution in [3.63, 3.8) is 0 Å². The van der Waals surface area contributed by atoms with Crippen LogP contribution in [0.3, 0.4) is 0 Å². The molecule has 1 aromatic rings. The van der Waals surface area contributed by atoms with Gasteiger partial charge in [-0.3, -0.25) is 14.7 Å². The van der Waals surface area contributed by atoms with Crippen molar-refractivity contribution in [2.24, 2.45) is 10.9 Å². The van der Waals surface area contributed by atoms with E-state index >= 15 is 0 Å². The van der Waals surface area contributed by atoms with Crippen molar-refractivity contribution in [2.45, 2.75) is 68.6 Å². The molecule has 3 atom stereocenters. The van der Waals surface area contributed by atoms with E-state index in [4.69, 9.17) is 16.3 Å². The number of hydrogen-bond acceptors (Lipinski definition) is 6. The summed E-state index contributed by atoms with van der Waals surface area (Å²) in [5.41, 5.74) is 1.47. The van der Waals surface area contributed by atoms with Crippen LogP contribution in [0, 0.1) is 23.1 Å². The number of nitrogens with zero attached hydrogens (tertiary/aromatic N) is 4. The standard InChI is InChI=1S/C28H32ClFN4O3/c29-24-16-21(5-4-20(24)18-31)34-26(35)28(10-1-2-11-28)33(27(34)36)14-3-15-37-22-6-7-23(25(30)17-22)19-8-12-32-13-9-19/h5-8,12,17,20,24,27,36H,1-4,9-11,13-16H2. The molecule has 9 heteroatoms. The molecule has 1 saturated carbocycles. The number of benzene rings is 1. The molecule has 2 aliphatic heterocycles. The summed E-state index contributed by atoms with van der Waals surface area (Å²) in [6.45, 7) is 1.46. The van der Waals surface area contributed by atoms with Gasteiger partial charge in [0, 0.05) is 43.1 Å². The SMILES string of the molecule is N#CC1CC=C(N2C(=O)C3(CCCC3)N(CCCOc3ccc(C4=CC=NCC4)c(F)c3)C2O)CC1Cl. The molecule has 0 bridgehead atoms. The lowest BCUT2D eigenvalue weighted by Gasteiger charge is -2.33. The van der Waals surface area contributed by atoms with Gasteiger partial charge in [-0.25, -0.2) is 9.29 Å². The zero-order valence-electron chi connectivity index (χ0n) is 20.8. The fourth-order valence-corrected chi connectivity index (χ4v) is 6.35. The summed E-state index contributed by atoms with van der Waals surface area (Å²) in [6.07, 6.45) is 9.73. The van der Waals surface area contributed by atoms with Gasteiger partial charge in [-0.15, -0.1) is 11.6 Å². The zero-order chi connectivity index (χ0) is 26.0. The van der Waals surface area contributed by atoms with Gasteiger partial charge >= 0.3 is 0 Å². The third kappa shape index (κ3) is 4.93. The summed E-state index contributed by atoms with van der Waals surface area (Å²) in [5.74, 6) is -0.240. The first-order chi connectivity index (χ1) is 17.9. The molecule has 196 valence electrons. The largest absolute Gasteiger partial charge is 0.493 e. The normalized spacial score (nSPS) is 27.4. The number of aliphatic hydroxyl groups excluding tert-OH is 1. The van der Waals surface area contributed by atoms with E-state index in [9.17, 15) is 19.6 Å². The Morgan fingerprint density at radius 3 is 2.81 bits per heavy atom. The van der Waals surface area contributed by atoms with Crippen LogP contribution >= 0.6 is 11.6 Å². The highest BCUT2D eigenvalue weighted by Gasteiger charge is 2.58. The number of alkyl halides is 1. The van der Waals surface area contributed by atoms with Gasteiger partial charge in [-0.2, -0.15) is 5.26 Å². The Kier molecular flexibility index (Phi) is 7.66. The second-order valence-electron chi connectivity index (χ2n) is 10.2. The molecule has 0 radical (unpaired) electrons. The lowest BCUT2D eigenvalue weighted by Crippen LogP contribution is -2.49. The predicted octanol–water partition coefficient (Wildman–Crippen LogP) is 4.61. The monoisotopic (exact) mass is 526 g/mol. The van der Waals surface area contributed by atoms with Gasteiger partial charge < -0.3 is 9.84 Å². The average Bonchev–Trinajstić information content (AvgIpc) is 3.47. The molecule has 7 nitrogen and oxygen atoms in total. The maximum absolute atomic E-state index is 14.7. The molecule has 3 unspecified atom stereocenters. The van der Waals surface area contributed by atoms with Crippen molar-refractivity contribution in [1.29, 1.82) is 5.26 Å². The maximum Gasteiger partial charge on any atom is 0.250 e. The van der Waals surface area contributed by atoms with Gasteiger partial charge in [-0.1, -0.05) is 18.9 Å². The topological polar surface area (TPSA) is 89.2 Å². The maximum atomic E-state index is 14.7. The lowest BCUT2D eigenvalue weighted by molar-refractivity contribution is -0.134. The minimum absolute atomic E-state index is 0.0799. The molecule has 2 aliphatic carbocycles. The van der Waals surface area contributed by atoms with E-state index in [1.807, 2.05) is 17.1 Å². The first-order valence-electron chi connectivity index (χ1n) is 13.1. The predicted molar refractivity (Wildman–Crippen MR) is 139 cm³/mol. The zero-order valence-corrected chi connectivity index (χ0v) is 21.5. The number of allylic oxidation sites excluding steroid dienone is 3. The Bertz CT molecular complexity index is 1170. The molecule has 2 heterocycles. The first kappa shape index (κ1) is 25.9. The van der Waals surface area contributed by atoms with E-state index < -0.39 is 11.9 Å². The third-order valence-electron chi connectivity index (χ3n) is 8.02. The minimum atomic E-state index is -1.08. The molecule has 2 fully saturated rings. The molecule has 1 aromatic carbocycles.